The van der Waals surface area contributed by atoms with Gasteiger partial charge in [-0.05, 0) is 80.9 Å². The van der Waals surface area contributed by atoms with E-state index in [0.29, 0.717) is 5.56 Å². The van der Waals surface area contributed by atoms with Crippen LogP contribution in [-0.2, 0) is 25.2 Å². The molecule has 0 spiro atoms. The Labute approximate surface area is 157 Å². The van der Waals surface area contributed by atoms with E-state index >= 15 is 0 Å². The number of hydrogen-bond donors (Lipinski definition) is 0. The van der Waals surface area contributed by atoms with Crippen molar-refractivity contribution in [2.24, 2.45) is 0 Å². The Balaban J connectivity index is 2.99. The number of rotatable bonds is 7. The molecule has 1 aromatic rings. The maximum absolute atomic E-state index is 12.9. The first-order chi connectivity index (χ1) is 11.5. The quantitative estimate of drug-likeness (QED) is 0.368. The van der Waals surface area contributed by atoms with Crippen LogP contribution < -0.4 is 0 Å². The molecule has 0 radical (unpaired) electrons. The molecule has 5 nitrogen and oxygen atoms in total. The highest BCUT2D eigenvalue weighted by molar-refractivity contribution is 6.02. The second kappa shape index (κ2) is 7.77. The van der Waals surface area contributed by atoms with Gasteiger partial charge in [-0.25, -0.2) is 19.6 Å². The highest BCUT2D eigenvalue weighted by Crippen LogP contribution is 2.29. The van der Waals surface area contributed by atoms with Gasteiger partial charge in [0.1, 0.15) is 5.60 Å². The third kappa shape index (κ3) is 7.16. The molecule has 0 aliphatic heterocycles. The van der Waals surface area contributed by atoms with E-state index in [0.717, 1.165) is 5.56 Å². The third-order valence-corrected chi connectivity index (χ3v) is 3.37. The van der Waals surface area contributed by atoms with Crippen LogP contribution in [0.1, 0.15) is 85.2 Å². The fourth-order valence-corrected chi connectivity index (χ4v) is 1.93. The summed E-state index contributed by atoms with van der Waals surface area (Å²) in [6, 6.07) is 7.29. The molecule has 0 heterocycles. The molecule has 0 fully saturated rings. The Hall–Kier alpha value is -1.27. The van der Waals surface area contributed by atoms with E-state index in [4.69, 9.17) is 19.6 Å². The van der Waals surface area contributed by atoms with E-state index in [-0.39, 0.29) is 5.78 Å². The topological polar surface area (TPSA) is 54.0 Å². The highest BCUT2D eigenvalue weighted by Gasteiger charge is 2.34. The fraction of sp³-hybridized carbons (Fsp3) is 0.667. The second-order valence-electron chi connectivity index (χ2n) is 9.49. The molecule has 0 saturated carbocycles. The summed E-state index contributed by atoms with van der Waals surface area (Å²) in [5, 5.41) is 0. The summed E-state index contributed by atoms with van der Waals surface area (Å²) in [5.74, 6) is -0.170. The minimum atomic E-state index is -1.11. The zero-order valence-corrected chi connectivity index (χ0v) is 17.9. The molecule has 0 saturated heterocycles. The normalized spacial score (nSPS) is 13.8. The van der Waals surface area contributed by atoms with Gasteiger partial charge in [-0.15, -0.1) is 0 Å². The number of hydrogen-bond acceptors (Lipinski definition) is 5. The van der Waals surface area contributed by atoms with Crippen LogP contribution >= 0.6 is 0 Å². The van der Waals surface area contributed by atoms with Crippen LogP contribution in [-0.4, -0.2) is 22.6 Å². The smallest absolute Gasteiger partial charge is 0.197 e. The van der Waals surface area contributed by atoms with Crippen LogP contribution in [0.15, 0.2) is 24.3 Å². The SMILES string of the molecule is CC(C)(C)OOC(C)(C)C(=O)c1cccc(C(C)(C)OOC(C)(C)C)c1. The highest BCUT2D eigenvalue weighted by atomic mass is 17.2. The molecular formula is C21H34O5. The van der Waals surface area contributed by atoms with Gasteiger partial charge in [0.05, 0.1) is 11.2 Å². The molecule has 148 valence electrons. The summed E-state index contributed by atoms with van der Waals surface area (Å²) in [5.41, 5.74) is -1.39. The predicted octanol–water partition coefficient (Wildman–Crippen LogP) is 5.38. The molecule has 0 unspecified atom stereocenters. The van der Waals surface area contributed by atoms with Crippen molar-refractivity contribution in [3.63, 3.8) is 0 Å². The second-order valence-corrected chi connectivity index (χ2v) is 9.49. The van der Waals surface area contributed by atoms with Crippen molar-refractivity contribution in [2.75, 3.05) is 0 Å². The van der Waals surface area contributed by atoms with Crippen molar-refractivity contribution in [3.05, 3.63) is 35.4 Å². The first kappa shape index (κ1) is 22.8. The summed E-state index contributed by atoms with van der Waals surface area (Å²) in [7, 11) is 0. The Morgan fingerprint density at radius 2 is 1.23 bits per heavy atom. The molecule has 0 aliphatic rings. The number of benzene rings is 1. The standard InChI is InChI=1S/C21H34O5/c1-18(2,3)23-25-20(7,8)16-13-11-12-15(14-16)17(22)21(9,10)26-24-19(4,5)6/h11-14H,1-10H3. The number of ketones is 1. The van der Waals surface area contributed by atoms with Gasteiger partial charge < -0.3 is 0 Å². The molecule has 1 aromatic carbocycles. The molecule has 0 bridgehead atoms. The van der Waals surface area contributed by atoms with Crippen LogP contribution in [0.3, 0.4) is 0 Å². The Kier molecular flexibility index (Phi) is 6.80. The average Bonchev–Trinajstić information content (AvgIpc) is 2.49. The van der Waals surface area contributed by atoms with Gasteiger partial charge in [-0.3, -0.25) is 4.79 Å². The fourth-order valence-electron chi connectivity index (χ4n) is 1.93. The van der Waals surface area contributed by atoms with Gasteiger partial charge in [0.25, 0.3) is 0 Å². The van der Waals surface area contributed by atoms with Gasteiger partial charge in [0.2, 0.25) is 0 Å². The van der Waals surface area contributed by atoms with Crippen LogP contribution in [0.5, 0.6) is 0 Å². The van der Waals surface area contributed by atoms with Crippen molar-refractivity contribution in [1.82, 2.24) is 0 Å². The summed E-state index contributed by atoms with van der Waals surface area (Å²) >= 11 is 0. The largest absolute Gasteiger partial charge is 0.291 e. The minimum absolute atomic E-state index is 0.170. The molecule has 0 aromatic heterocycles. The van der Waals surface area contributed by atoms with Gasteiger partial charge >= 0.3 is 0 Å². The van der Waals surface area contributed by atoms with Crippen LogP contribution in [0, 0.1) is 0 Å². The summed E-state index contributed by atoms with van der Waals surface area (Å²) in [4.78, 5) is 34.8. The van der Waals surface area contributed by atoms with E-state index in [2.05, 4.69) is 0 Å². The zero-order valence-electron chi connectivity index (χ0n) is 17.9. The van der Waals surface area contributed by atoms with Gasteiger partial charge in [-0.2, -0.15) is 0 Å². The molecule has 0 atom stereocenters. The molecule has 5 heteroatoms. The molecular weight excluding hydrogens is 332 g/mol. The zero-order chi connectivity index (χ0) is 20.4. The van der Waals surface area contributed by atoms with Crippen molar-refractivity contribution in [2.45, 2.75) is 91.6 Å². The molecule has 0 N–H and O–H groups in total. The summed E-state index contributed by atoms with van der Waals surface area (Å²) in [6.07, 6.45) is 0. The van der Waals surface area contributed by atoms with Crippen molar-refractivity contribution < 1.29 is 24.3 Å². The van der Waals surface area contributed by atoms with E-state index in [1.54, 1.807) is 26.0 Å². The van der Waals surface area contributed by atoms with E-state index in [1.165, 1.54) is 0 Å². The van der Waals surface area contributed by atoms with Crippen LogP contribution in [0.25, 0.3) is 0 Å². The van der Waals surface area contributed by atoms with E-state index in [9.17, 15) is 4.79 Å². The summed E-state index contributed by atoms with van der Waals surface area (Å²) in [6.45, 7) is 18.5. The lowest BCUT2D eigenvalue weighted by Crippen LogP contribution is -2.38. The van der Waals surface area contributed by atoms with Crippen LogP contribution in [0.4, 0.5) is 0 Å². The third-order valence-electron chi connectivity index (χ3n) is 3.37. The minimum Gasteiger partial charge on any atom is -0.291 e. The number of carbonyl (C=O) groups excluding carboxylic acids is 1. The Bertz CT molecular complexity index is 618. The maximum Gasteiger partial charge on any atom is 0.197 e. The monoisotopic (exact) mass is 366 g/mol. The number of carbonyl (C=O) groups is 1. The maximum atomic E-state index is 12.9. The molecule has 0 amide bonds. The molecule has 0 aliphatic carbocycles. The van der Waals surface area contributed by atoms with E-state index in [1.807, 2.05) is 67.5 Å². The lowest BCUT2D eigenvalue weighted by atomic mass is 9.91. The van der Waals surface area contributed by atoms with Gasteiger partial charge in [0.15, 0.2) is 11.4 Å². The lowest BCUT2D eigenvalue weighted by Gasteiger charge is -2.30. The predicted molar refractivity (Wildman–Crippen MR) is 102 cm³/mol. The molecule has 26 heavy (non-hydrogen) atoms. The Morgan fingerprint density at radius 3 is 1.73 bits per heavy atom. The van der Waals surface area contributed by atoms with Gasteiger partial charge in [0, 0.05) is 5.56 Å². The van der Waals surface area contributed by atoms with Gasteiger partial charge in [-0.1, -0.05) is 18.2 Å². The van der Waals surface area contributed by atoms with E-state index < -0.39 is 22.4 Å². The number of Topliss-reactive ketones (excluding diaryl/α,β-unsaturated/α-hetero) is 1. The lowest BCUT2D eigenvalue weighted by molar-refractivity contribution is -0.401. The first-order valence-corrected chi connectivity index (χ1v) is 8.93. The summed E-state index contributed by atoms with van der Waals surface area (Å²) < 4.78 is 0. The molecule has 1 rings (SSSR count). The van der Waals surface area contributed by atoms with Crippen LogP contribution in [0.2, 0.25) is 0 Å². The van der Waals surface area contributed by atoms with Crippen molar-refractivity contribution >= 4 is 5.78 Å². The van der Waals surface area contributed by atoms with Crippen molar-refractivity contribution in [1.29, 1.82) is 0 Å². The van der Waals surface area contributed by atoms with Crippen molar-refractivity contribution in [3.8, 4) is 0 Å². The average molecular weight is 366 g/mol. The first-order valence-electron chi connectivity index (χ1n) is 8.93. The Morgan fingerprint density at radius 1 is 0.731 bits per heavy atom.